The van der Waals surface area contributed by atoms with Crippen LogP contribution in [-0.2, 0) is 0 Å². The number of rotatable bonds is 3. The van der Waals surface area contributed by atoms with E-state index in [0.717, 1.165) is 12.8 Å². The summed E-state index contributed by atoms with van der Waals surface area (Å²) in [5.74, 6) is 0.441. The van der Waals surface area contributed by atoms with E-state index in [0.29, 0.717) is 30.4 Å². The second kappa shape index (κ2) is 7.76. The Hall–Kier alpha value is -3.28. The number of likely N-dealkylation sites (tertiary alicyclic amines) is 1. The van der Waals surface area contributed by atoms with Gasteiger partial charge in [-0.25, -0.2) is 4.98 Å². The molecule has 3 aromatic rings. The molecule has 0 unspecified atom stereocenters. The fraction of sp³-hybridized carbons (Fsp3) is 0.273. The monoisotopic (exact) mass is 374 g/mol. The normalized spacial score (nSPS) is 16.8. The van der Waals surface area contributed by atoms with Gasteiger partial charge < -0.3 is 9.88 Å². The van der Waals surface area contributed by atoms with E-state index in [2.05, 4.69) is 34.0 Å². The van der Waals surface area contributed by atoms with Crippen molar-refractivity contribution in [2.24, 2.45) is 0 Å². The van der Waals surface area contributed by atoms with Crippen LogP contribution >= 0.6 is 0 Å². The third-order valence-electron chi connectivity index (χ3n) is 5.30. The molecule has 2 aromatic heterocycles. The van der Waals surface area contributed by atoms with E-state index in [1.54, 1.807) is 23.4 Å². The van der Waals surface area contributed by atoms with E-state index in [-0.39, 0.29) is 11.5 Å². The summed E-state index contributed by atoms with van der Waals surface area (Å²) >= 11 is 0. The molecule has 1 fully saturated rings. The summed E-state index contributed by atoms with van der Waals surface area (Å²) in [4.78, 5) is 38.3. The van der Waals surface area contributed by atoms with Gasteiger partial charge in [-0.15, -0.1) is 0 Å². The third kappa shape index (κ3) is 3.58. The molecule has 0 radical (unpaired) electrons. The lowest BCUT2D eigenvalue weighted by Crippen LogP contribution is -2.41. The molecular weight excluding hydrogens is 352 g/mol. The number of carbonyl (C=O) groups excluding carboxylic acids is 1. The van der Waals surface area contributed by atoms with Crippen molar-refractivity contribution in [2.75, 3.05) is 13.1 Å². The fourth-order valence-corrected chi connectivity index (χ4v) is 3.83. The summed E-state index contributed by atoms with van der Waals surface area (Å²) in [5.41, 5.74) is 2.88. The van der Waals surface area contributed by atoms with Crippen LogP contribution in [0.4, 0.5) is 0 Å². The molecule has 6 heteroatoms. The summed E-state index contributed by atoms with van der Waals surface area (Å²) in [5, 5.41) is 0. The summed E-state index contributed by atoms with van der Waals surface area (Å²) in [7, 11) is 0. The van der Waals surface area contributed by atoms with Crippen molar-refractivity contribution in [3.8, 4) is 11.4 Å². The van der Waals surface area contributed by atoms with Crippen LogP contribution in [-0.4, -0.2) is 38.8 Å². The van der Waals surface area contributed by atoms with E-state index in [1.807, 2.05) is 18.2 Å². The van der Waals surface area contributed by atoms with Gasteiger partial charge in [-0.1, -0.05) is 24.3 Å². The number of aromatic amines is 1. The molecule has 1 aromatic carbocycles. The van der Waals surface area contributed by atoms with Gasteiger partial charge in [0.05, 0.1) is 0 Å². The SMILES string of the molecule is Cc1ccccc1[C@H]1CCCN(C(=O)c2cnc(-c3cccnc3)[nH]c2=O)C1. The molecule has 1 saturated heterocycles. The van der Waals surface area contributed by atoms with Crippen LogP contribution in [0, 0.1) is 6.92 Å². The number of hydrogen-bond acceptors (Lipinski definition) is 4. The van der Waals surface area contributed by atoms with Crippen molar-refractivity contribution in [3.05, 3.63) is 82.0 Å². The first-order valence-electron chi connectivity index (χ1n) is 9.48. The van der Waals surface area contributed by atoms with E-state index < -0.39 is 5.56 Å². The Morgan fingerprint density at radius 3 is 2.79 bits per heavy atom. The van der Waals surface area contributed by atoms with E-state index in [4.69, 9.17) is 0 Å². The van der Waals surface area contributed by atoms with Crippen molar-refractivity contribution < 1.29 is 4.79 Å². The highest BCUT2D eigenvalue weighted by Gasteiger charge is 2.27. The molecule has 0 spiro atoms. The van der Waals surface area contributed by atoms with Crippen LogP contribution in [0.2, 0.25) is 0 Å². The lowest BCUT2D eigenvalue weighted by Gasteiger charge is -2.33. The van der Waals surface area contributed by atoms with Gasteiger partial charge in [0, 0.05) is 43.2 Å². The highest BCUT2D eigenvalue weighted by molar-refractivity contribution is 5.93. The minimum Gasteiger partial charge on any atom is -0.338 e. The molecule has 0 bridgehead atoms. The highest BCUT2D eigenvalue weighted by atomic mass is 16.2. The van der Waals surface area contributed by atoms with Crippen molar-refractivity contribution >= 4 is 5.91 Å². The number of H-pyrrole nitrogens is 1. The molecule has 1 atom stereocenters. The van der Waals surface area contributed by atoms with Crippen LogP contribution in [0.15, 0.2) is 59.8 Å². The number of pyridine rings is 1. The number of nitrogens with one attached hydrogen (secondary N) is 1. The van der Waals surface area contributed by atoms with Gasteiger partial charge in [-0.2, -0.15) is 0 Å². The summed E-state index contributed by atoms with van der Waals surface area (Å²) in [6.45, 7) is 3.38. The molecule has 28 heavy (non-hydrogen) atoms. The maximum Gasteiger partial charge on any atom is 0.264 e. The van der Waals surface area contributed by atoms with Gasteiger partial charge in [0.15, 0.2) is 0 Å². The Morgan fingerprint density at radius 1 is 1.18 bits per heavy atom. The van der Waals surface area contributed by atoms with Crippen molar-refractivity contribution in [1.82, 2.24) is 19.9 Å². The summed E-state index contributed by atoms with van der Waals surface area (Å²) < 4.78 is 0. The number of aryl methyl sites for hydroxylation is 1. The summed E-state index contributed by atoms with van der Waals surface area (Å²) in [6, 6.07) is 11.9. The lowest BCUT2D eigenvalue weighted by atomic mass is 9.88. The Labute approximate surface area is 163 Å². The first kappa shape index (κ1) is 18.1. The Balaban J connectivity index is 1.56. The van der Waals surface area contributed by atoms with Crippen molar-refractivity contribution in [2.45, 2.75) is 25.7 Å². The molecular formula is C22H22N4O2. The minimum atomic E-state index is -0.420. The average Bonchev–Trinajstić information content (AvgIpc) is 2.74. The molecule has 1 aliphatic rings. The number of nitrogens with zero attached hydrogens (tertiary/aromatic N) is 3. The van der Waals surface area contributed by atoms with E-state index in [9.17, 15) is 9.59 Å². The standard InChI is InChI=1S/C22H22N4O2/c1-15-6-2-3-9-18(15)17-8-5-11-26(14-17)22(28)19-13-24-20(25-21(19)27)16-7-4-10-23-12-16/h2-4,6-7,9-10,12-13,17H,5,8,11,14H2,1H3,(H,24,25,27)/t17-/m0/s1. The topological polar surface area (TPSA) is 79.0 Å². The molecule has 0 aliphatic carbocycles. The largest absolute Gasteiger partial charge is 0.338 e. The van der Waals surface area contributed by atoms with Crippen molar-refractivity contribution in [1.29, 1.82) is 0 Å². The maximum atomic E-state index is 13.0. The van der Waals surface area contributed by atoms with Crippen LogP contribution < -0.4 is 5.56 Å². The van der Waals surface area contributed by atoms with Gasteiger partial charge in [0.25, 0.3) is 11.5 Å². The third-order valence-corrected chi connectivity index (χ3v) is 5.30. The first-order chi connectivity index (χ1) is 13.6. The average molecular weight is 374 g/mol. The van der Waals surface area contributed by atoms with Gasteiger partial charge in [-0.3, -0.25) is 14.6 Å². The number of benzene rings is 1. The fourth-order valence-electron chi connectivity index (χ4n) is 3.83. The maximum absolute atomic E-state index is 13.0. The van der Waals surface area contributed by atoms with Gasteiger partial charge >= 0.3 is 0 Å². The zero-order valence-electron chi connectivity index (χ0n) is 15.8. The summed E-state index contributed by atoms with van der Waals surface area (Å²) in [6.07, 6.45) is 6.62. The van der Waals surface area contributed by atoms with Crippen LogP contribution in [0.25, 0.3) is 11.4 Å². The van der Waals surface area contributed by atoms with Gasteiger partial charge in [0.2, 0.25) is 0 Å². The number of carbonyl (C=O) groups is 1. The Bertz CT molecular complexity index is 1050. The number of piperidine rings is 1. The van der Waals surface area contributed by atoms with Gasteiger partial charge in [0.1, 0.15) is 11.4 Å². The first-order valence-corrected chi connectivity index (χ1v) is 9.48. The second-order valence-corrected chi connectivity index (χ2v) is 7.16. The smallest absolute Gasteiger partial charge is 0.264 e. The second-order valence-electron chi connectivity index (χ2n) is 7.16. The lowest BCUT2D eigenvalue weighted by molar-refractivity contribution is 0.0704. The number of amides is 1. The quantitative estimate of drug-likeness (QED) is 0.764. The molecule has 1 N–H and O–H groups in total. The molecule has 6 nitrogen and oxygen atoms in total. The van der Waals surface area contributed by atoms with Crippen LogP contribution in [0.3, 0.4) is 0 Å². The molecule has 1 aliphatic heterocycles. The van der Waals surface area contributed by atoms with E-state index >= 15 is 0 Å². The minimum absolute atomic E-state index is 0.0815. The highest BCUT2D eigenvalue weighted by Crippen LogP contribution is 2.29. The van der Waals surface area contributed by atoms with Crippen LogP contribution in [0.5, 0.6) is 0 Å². The zero-order valence-corrected chi connectivity index (χ0v) is 15.8. The molecule has 1 amide bonds. The predicted molar refractivity (Wildman–Crippen MR) is 107 cm³/mol. The molecule has 4 rings (SSSR count). The molecule has 142 valence electrons. The Kier molecular flexibility index (Phi) is 5.02. The van der Waals surface area contributed by atoms with Crippen LogP contribution in [0.1, 0.15) is 40.2 Å². The van der Waals surface area contributed by atoms with Crippen molar-refractivity contribution in [3.63, 3.8) is 0 Å². The van der Waals surface area contributed by atoms with E-state index in [1.165, 1.54) is 17.3 Å². The zero-order chi connectivity index (χ0) is 19.5. The predicted octanol–water partition coefficient (Wildman–Crippen LogP) is 3.16. The number of aromatic nitrogens is 3. The Morgan fingerprint density at radius 2 is 2.04 bits per heavy atom. The molecule has 3 heterocycles. The number of hydrogen-bond donors (Lipinski definition) is 1. The van der Waals surface area contributed by atoms with Gasteiger partial charge in [-0.05, 0) is 43.0 Å². The molecule has 0 saturated carbocycles.